The number of piperazine rings is 1. The summed E-state index contributed by atoms with van der Waals surface area (Å²) in [5.74, 6) is -1.13. The van der Waals surface area contributed by atoms with Gasteiger partial charge in [-0.05, 0) is 83.1 Å². The highest BCUT2D eigenvalue weighted by molar-refractivity contribution is 7.10. The number of benzene rings is 1. The molecule has 7 aliphatic rings. The Labute approximate surface area is 451 Å². The minimum Gasteiger partial charge on any atom is -0.464 e. The van der Waals surface area contributed by atoms with Gasteiger partial charge < -0.3 is 43.2 Å². The van der Waals surface area contributed by atoms with Crippen LogP contribution in [0.2, 0.25) is 0 Å². The van der Waals surface area contributed by atoms with Crippen molar-refractivity contribution in [2.45, 2.75) is 147 Å². The molecule has 76 heavy (non-hydrogen) atoms. The van der Waals surface area contributed by atoms with Crippen molar-refractivity contribution in [3.63, 3.8) is 0 Å². The average Bonchev–Trinajstić information content (AvgIpc) is 4.07. The SMILES string of the molecule is COC1CN([C@@H]2c3nc(cs3)-c3ccc4c(c3)c(c(-c3cc(N5CCN(C6CC6)CC5)cnc3[C@H](C)OC)n4CCO[C@H]3CCOC(C)(C)C3)CC(C)(C)COC(=O)[C@@H]3CCCN(N3)C(=O)[C@H]2NC(=O)[C@H]2OC[C@@H]2C)C1. The quantitative estimate of drug-likeness (QED) is 0.143. The Balaban J connectivity index is 1.06. The molecule has 6 aliphatic heterocycles. The van der Waals surface area contributed by atoms with E-state index in [4.69, 9.17) is 38.4 Å². The van der Waals surface area contributed by atoms with Crippen LogP contribution in [0.4, 0.5) is 5.69 Å². The zero-order valence-corrected chi connectivity index (χ0v) is 46.6. The monoisotopic (exact) mass is 1070 g/mol. The van der Waals surface area contributed by atoms with Crippen molar-refractivity contribution in [2.75, 3.05) is 91.4 Å². The lowest BCUT2D eigenvalue weighted by atomic mass is 9.84. The molecule has 9 heterocycles. The maximum atomic E-state index is 15.1. The molecule has 5 saturated heterocycles. The molecule has 11 rings (SSSR count). The molecule has 7 atom stereocenters. The molecular weight excluding hydrogens is 987 g/mol. The molecule has 6 bridgehead atoms. The van der Waals surface area contributed by atoms with Gasteiger partial charge in [-0.1, -0.05) is 26.8 Å². The van der Waals surface area contributed by atoms with Gasteiger partial charge in [0, 0.05) is 124 Å². The van der Waals surface area contributed by atoms with E-state index >= 15 is 4.79 Å². The average molecular weight is 1070 g/mol. The topological polar surface area (TPSA) is 174 Å². The highest BCUT2D eigenvalue weighted by atomic mass is 32.1. The predicted molar refractivity (Wildman–Crippen MR) is 290 cm³/mol. The van der Waals surface area contributed by atoms with Gasteiger partial charge in [-0.25, -0.2) is 10.4 Å². The molecular formula is C57H79N9O9S. The van der Waals surface area contributed by atoms with Crippen molar-refractivity contribution in [1.29, 1.82) is 0 Å². The standard InChI is InChI=1S/C57H79N9O9S/c1-34-31-73-51(34)52(67)60-48-50(64-29-40(30-64)71-8)53-59-45(32-76-53)36-11-14-46-41(24-36)43(27-56(3,4)33-74-55(69)44-10-9-16-66(61-44)54(48)68)49(65(46)21-23-72-39-15-22-75-57(5,6)26-39)42-25-38(28-58-47(42)35(2)70-7)63-19-17-62(18-20-63)37-12-13-37/h11,14,24-25,28,32,34-35,37,39-40,44,48,50-51,61H,9-10,12-13,15-23,26-27,29-31,33H2,1-8H3,(H,60,67)/t34-,35-,39-,44-,48-,50-,51-/m0/s1. The molecule has 1 aliphatic carbocycles. The number of likely N-dealkylation sites (tertiary alicyclic amines) is 1. The summed E-state index contributed by atoms with van der Waals surface area (Å²) in [7, 11) is 3.43. The van der Waals surface area contributed by atoms with Gasteiger partial charge in [0.2, 0.25) is 5.91 Å². The molecule has 412 valence electrons. The molecule has 18 nitrogen and oxygen atoms in total. The molecule has 0 unspecified atom stereocenters. The third-order valence-corrected chi connectivity index (χ3v) is 17.9. The van der Waals surface area contributed by atoms with Gasteiger partial charge in [0.25, 0.3) is 5.91 Å². The van der Waals surface area contributed by atoms with Crippen LogP contribution >= 0.6 is 11.3 Å². The number of ether oxygens (including phenoxy) is 6. The summed E-state index contributed by atoms with van der Waals surface area (Å²) in [6.07, 6.45) is 6.89. The molecule has 1 saturated carbocycles. The lowest BCUT2D eigenvalue weighted by Gasteiger charge is -2.46. The first kappa shape index (κ1) is 53.4. The molecule has 2 N–H and O–H groups in total. The fourth-order valence-electron chi connectivity index (χ4n) is 12.3. The minimum atomic E-state index is -1.06. The van der Waals surface area contributed by atoms with Crippen molar-refractivity contribution in [3.05, 3.63) is 52.1 Å². The lowest BCUT2D eigenvalue weighted by molar-refractivity contribution is -0.164. The van der Waals surface area contributed by atoms with Gasteiger partial charge in [-0.3, -0.25) is 34.2 Å². The number of nitrogens with one attached hydrogen (secondary N) is 2. The second-order valence-corrected chi connectivity index (χ2v) is 24.8. The number of esters is 1. The summed E-state index contributed by atoms with van der Waals surface area (Å²) in [5.41, 5.74) is 10.2. The molecule has 19 heteroatoms. The summed E-state index contributed by atoms with van der Waals surface area (Å²) < 4.78 is 39.3. The summed E-state index contributed by atoms with van der Waals surface area (Å²) in [5, 5.41) is 8.45. The molecule has 1 aromatic carbocycles. The van der Waals surface area contributed by atoms with E-state index < -0.39 is 35.6 Å². The van der Waals surface area contributed by atoms with Gasteiger partial charge in [0.05, 0.1) is 78.7 Å². The number of methoxy groups -OCH3 is 2. The fraction of sp³-hybridized carbons (Fsp3) is 0.667. The van der Waals surface area contributed by atoms with Gasteiger partial charge in [-0.2, -0.15) is 0 Å². The van der Waals surface area contributed by atoms with E-state index in [1.54, 1.807) is 14.2 Å². The van der Waals surface area contributed by atoms with Crippen LogP contribution in [0.5, 0.6) is 0 Å². The Kier molecular flexibility index (Phi) is 15.4. The van der Waals surface area contributed by atoms with Crippen molar-refractivity contribution >= 4 is 45.7 Å². The predicted octanol–water partition coefficient (Wildman–Crippen LogP) is 6.31. The van der Waals surface area contributed by atoms with Gasteiger partial charge >= 0.3 is 5.97 Å². The second kappa shape index (κ2) is 21.9. The summed E-state index contributed by atoms with van der Waals surface area (Å²) in [6, 6.07) is 7.18. The number of aromatic nitrogens is 3. The Morgan fingerprint density at radius 3 is 2.51 bits per heavy atom. The van der Waals surface area contributed by atoms with Gasteiger partial charge in [-0.15, -0.1) is 11.3 Å². The number of hydrogen-bond donors (Lipinski definition) is 2. The van der Waals surface area contributed by atoms with Crippen LogP contribution < -0.4 is 15.6 Å². The first-order valence-corrected chi connectivity index (χ1v) is 28.8. The molecule has 6 fully saturated rings. The number of carbonyl (C=O) groups is 3. The third-order valence-electron chi connectivity index (χ3n) is 17.0. The van der Waals surface area contributed by atoms with Crippen LogP contribution in [0.15, 0.2) is 35.8 Å². The number of anilines is 1. The number of pyridine rings is 1. The smallest absolute Gasteiger partial charge is 0.324 e. The number of hydrazine groups is 1. The van der Waals surface area contributed by atoms with Crippen molar-refractivity contribution in [1.82, 2.24) is 40.1 Å². The second-order valence-electron chi connectivity index (χ2n) is 23.9. The highest BCUT2D eigenvalue weighted by Gasteiger charge is 2.47. The highest BCUT2D eigenvalue weighted by Crippen LogP contribution is 2.44. The molecule has 0 spiro atoms. The van der Waals surface area contributed by atoms with E-state index in [1.165, 1.54) is 29.2 Å². The largest absolute Gasteiger partial charge is 0.464 e. The number of hydrogen-bond acceptors (Lipinski definition) is 16. The van der Waals surface area contributed by atoms with Gasteiger partial charge in [0.15, 0.2) is 0 Å². The molecule has 2 amide bonds. The van der Waals surface area contributed by atoms with E-state index in [2.05, 4.69) is 94.3 Å². The summed E-state index contributed by atoms with van der Waals surface area (Å²) in [4.78, 5) is 61.4. The van der Waals surface area contributed by atoms with Crippen LogP contribution in [0.25, 0.3) is 33.4 Å². The van der Waals surface area contributed by atoms with E-state index in [1.807, 2.05) is 13.1 Å². The molecule has 3 aromatic heterocycles. The zero-order valence-electron chi connectivity index (χ0n) is 45.8. The number of rotatable bonds is 13. The Hall–Kier alpha value is -4.57. The fourth-order valence-corrected chi connectivity index (χ4v) is 13.3. The van der Waals surface area contributed by atoms with Crippen LogP contribution in [0, 0.1) is 11.3 Å². The number of carbonyl (C=O) groups excluding carboxylic acids is 3. The lowest BCUT2D eigenvalue weighted by Crippen LogP contribution is -2.66. The molecule has 4 aromatic rings. The number of thiazole rings is 1. The number of cyclic esters (lactones) is 1. The van der Waals surface area contributed by atoms with Gasteiger partial charge in [0.1, 0.15) is 23.2 Å². The van der Waals surface area contributed by atoms with Crippen molar-refractivity contribution in [2.24, 2.45) is 11.3 Å². The van der Waals surface area contributed by atoms with Crippen LogP contribution in [-0.2, 0) is 55.8 Å². The van der Waals surface area contributed by atoms with Crippen LogP contribution in [-0.4, -0.2) is 176 Å². The third kappa shape index (κ3) is 11.1. The summed E-state index contributed by atoms with van der Waals surface area (Å²) >= 11 is 1.48. The van der Waals surface area contributed by atoms with E-state index in [0.29, 0.717) is 70.3 Å². The van der Waals surface area contributed by atoms with E-state index in [0.717, 1.165) is 95.4 Å². The number of fused-ring (bicyclic) bond motifs is 6. The zero-order chi connectivity index (χ0) is 53.0. The maximum Gasteiger partial charge on any atom is 0.324 e. The summed E-state index contributed by atoms with van der Waals surface area (Å²) in [6.45, 7) is 20.3. The van der Waals surface area contributed by atoms with Crippen LogP contribution in [0.3, 0.4) is 0 Å². The minimum absolute atomic E-state index is 0.00247. The van der Waals surface area contributed by atoms with Crippen LogP contribution in [0.1, 0.15) is 108 Å². The normalized spacial score (nSPS) is 28.1. The molecule has 0 radical (unpaired) electrons. The number of amides is 2. The van der Waals surface area contributed by atoms with E-state index in [-0.39, 0.29) is 48.3 Å². The van der Waals surface area contributed by atoms with E-state index in [9.17, 15) is 9.59 Å². The Morgan fingerprint density at radius 2 is 1.80 bits per heavy atom. The first-order chi connectivity index (χ1) is 36.6. The van der Waals surface area contributed by atoms with Crippen molar-refractivity contribution < 1.29 is 42.8 Å². The van der Waals surface area contributed by atoms with Crippen molar-refractivity contribution in [3.8, 4) is 22.5 Å². The maximum absolute atomic E-state index is 15.1. The Morgan fingerprint density at radius 1 is 1.00 bits per heavy atom. The Bertz CT molecular complexity index is 2760. The number of nitrogens with zero attached hydrogens (tertiary/aromatic N) is 7. The first-order valence-electron chi connectivity index (χ1n) is 27.9.